The quantitative estimate of drug-likeness (QED) is 0.779. The fourth-order valence-electron chi connectivity index (χ4n) is 2.62. The maximum absolute atomic E-state index is 13.6. The Morgan fingerprint density at radius 1 is 1.19 bits per heavy atom. The summed E-state index contributed by atoms with van der Waals surface area (Å²) in [6.45, 7) is 1.50. The monoisotopic (exact) mass is 224 g/mol. The topological polar surface area (TPSA) is 15.3 Å². The summed E-state index contributed by atoms with van der Waals surface area (Å²) < 4.78 is 27.2. The molecule has 86 valence electrons. The molecule has 1 atom stereocenters. The molecule has 0 aliphatic carbocycles. The predicted molar refractivity (Wildman–Crippen MR) is 57.3 cm³/mol. The Morgan fingerprint density at radius 3 is 2.31 bits per heavy atom. The molecule has 1 N–H and O–H groups in total. The first-order valence-corrected chi connectivity index (χ1v) is 5.56. The molecule has 0 bridgehead atoms. The summed E-state index contributed by atoms with van der Waals surface area (Å²) in [6, 6.07) is 7.33. The van der Waals surface area contributed by atoms with Gasteiger partial charge in [0.2, 0.25) is 0 Å². The van der Waals surface area contributed by atoms with E-state index in [2.05, 4.69) is 5.32 Å². The lowest BCUT2D eigenvalue weighted by molar-refractivity contribution is -0.0497. The average Bonchev–Trinajstić information content (AvgIpc) is 2.79. The number of rotatable bonds is 1. The van der Waals surface area contributed by atoms with Crippen molar-refractivity contribution < 1.29 is 8.78 Å². The van der Waals surface area contributed by atoms with Gasteiger partial charge in [-0.2, -0.15) is 0 Å². The Morgan fingerprint density at radius 2 is 1.81 bits per heavy atom. The van der Waals surface area contributed by atoms with Crippen LogP contribution in [0.3, 0.4) is 0 Å². The zero-order valence-electron chi connectivity index (χ0n) is 8.92. The highest BCUT2D eigenvalue weighted by molar-refractivity contribution is 5.30. The van der Waals surface area contributed by atoms with Crippen LogP contribution in [0.1, 0.15) is 11.1 Å². The first-order valence-electron chi connectivity index (χ1n) is 5.56. The van der Waals surface area contributed by atoms with Crippen LogP contribution >= 0.6 is 0 Å². The number of nitrogens with one attached hydrogen (secondary N) is 1. The molecule has 16 heavy (non-hydrogen) atoms. The van der Waals surface area contributed by atoms with E-state index < -0.39 is 12.0 Å². The van der Waals surface area contributed by atoms with Crippen LogP contribution in [0.2, 0.25) is 0 Å². The molecule has 2 aliphatic heterocycles. The number of halogens is 2. The summed E-state index contributed by atoms with van der Waals surface area (Å²) in [7, 11) is 0. The van der Waals surface area contributed by atoms with Gasteiger partial charge in [-0.25, -0.2) is 8.78 Å². The second-order valence-electron chi connectivity index (χ2n) is 4.58. The lowest BCUT2D eigenvalue weighted by atomic mass is 10.1. The lowest BCUT2D eigenvalue weighted by Gasteiger charge is -2.27. The van der Waals surface area contributed by atoms with Crippen LogP contribution in [-0.2, 0) is 13.1 Å². The minimum absolute atomic E-state index is 0.190. The van der Waals surface area contributed by atoms with Crippen LogP contribution in [-0.4, -0.2) is 30.0 Å². The van der Waals surface area contributed by atoms with Crippen LogP contribution in [0, 0.1) is 0 Å². The van der Waals surface area contributed by atoms with E-state index in [1.165, 1.54) is 11.1 Å². The molecule has 2 aliphatic rings. The van der Waals surface area contributed by atoms with Gasteiger partial charge in [-0.15, -0.1) is 0 Å². The third-order valence-corrected chi connectivity index (χ3v) is 3.49. The fourth-order valence-corrected chi connectivity index (χ4v) is 2.62. The third-order valence-electron chi connectivity index (χ3n) is 3.49. The van der Waals surface area contributed by atoms with E-state index in [4.69, 9.17) is 0 Å². The summed E-state index contributed by atoms with van der Waals surface area (Å²) in [5.74, 6) is -2.60. The maximum Gasteiger partial charge on any atom is 0.276 e. The molecule has 0 spiro atoms. The zero-order valence-corrected chi connectivity index (χ0v) is 8.92. The van der Waals surface area contributed by atoms with Gasteiger partial charge in [0, 0.05) is 19.6 Å². The number of alkyl halides is 2. The number of benzene rings is 1. The van der Waals surface area contributed by atoms with E-state index in [1.807, 2.05) is 29.2 Å². The first-order chi connectivity index (χ1) is 7.67. The molecule has 0 amide bonds. The summed E-state index contributed by atoms with van der Waals surface area (Å²) in [4.78, 5) is 1.88. The normalized spacial score (nSPS) is 28.2. The highest BCUT2D eigenvalue weighted by Crippen LogP contribution is 2.32. The standard InChI is InChI=1S/C12H14F2N2/c13-12(14)8-15-5-11(12)16-6-9-3-1-2-4-10(9)7-16/h1-4,11,15H,5-8H2/t11-/m0/s1. The van der Waals surface area contributed by atoms with Crippen molar-refractivity contribution in [2.24, 2.45) is 0 Å². The second kappa shape index (κ2) is 3.50. The van der Waals surface area contributed by atoms with E-state index >= 15 is 0 Å². The van der Waals surface area contributed by atoms with E-state index in [1.54, 1.807) is 0 Å². The minimum Gasteiger partial charge on any atom is -0.309 e. The smallest absolute Gasteiger partial charge is 0.276 e. The van der Waals surface area contributed by atoms with Crippen molar-refractivity contribution in [3.05, 3.63) is 35.4 Å². The number of hydrogen-bond acceptors (Lipinski definition) is 2. The SMILES string of the molecule is FC1(F)CNC[C@@H]1N1Cc2ccccc2C1. The second-order valence-corrected chi connectivity index (χ2v) is 4.58. The van der Waals surface area contributed by atoms with Gasteiger partial charge in [-0.1, -0.05) is 24.3 Å². The van der Waals surface area contributed by atoms with Gasteiger partial charge in [0.1, 0.15) is 0 Å². The molecule has 3 rings (SSSR count). The molecular formula is C12H14F2N2. The van der Waals surface area contributed by atoms with E-state index in [9.17, 15) is 8.78 Å². The Hall–Kier alpha value is -1.00. The van der Waals surface area contributed by atoms with Gasteiger partial charge >= 0.3 is 0 Å². The molecule has 1 aromatic carbocycles. The van der Waals surface area contributed by atoms with Crippen molar-refractivity contribution in [2.75, 3.05) is 13.1 Å². The Kier molecular flexibility index (Phi) is 2.23. The lowest BCUT2D eigenvalue weighted by Crippen LogP contribution is -2.44. The Labute approximate surface area is 93.3 Å². The predicted octanol–water partition coefficient (Wildman–Crippen LogP) is 1.61. The van der Waals surface area contributed by atoms with Gasteiger partial charge in [0.25, 0.3) is 5.92 Å². The van der Waals surface area contributed by atoms with Gasteiger partial charge in [-0.3, -0.25) is 4.90 Å². The van der Waals surface area contributed by atoms with E-state index in [0.717, 1.165) is 0 Å². The molecule has 0 aromatic heterocycles. The molecule has 1 saturated heterocycles. The molecule has 0 unspecified atom stereocenters. The molecule has 1 fully saturated rings. The van der Waals surface area contributed by atoms with Crippen LogP contribution in [0.15, 0.2) is 24.3 Å². The first kappa shape index (κ1) is 10.2. The Bertz CT molecular complexity index is 381. The molecule has 0 radical (unpaired) electrons. The molecule has 2 nitrogen and oxygen atoms in total. The van der Waals surface area contributed by atoms with Gasteiger partial charge in [-0.05, 0) is 11.1 Å². The van der Waals surface area contributed by atoms with Gasteiger partial charge in [0.05, 0.1) is 12.6 Å². The highest BCUT2D eigenvalue weighted by atomic mass is 19.3. The van der Waals surface area contributed by atoms with E-state index in [0.29, 0.717) is 19.6 Å². The van der Waals surface area contributed by atoms with Gasteiger partial charge < -0.3 is 5.32 Å². The molecule has 1 aromatic rings. The molecular weight excluding hydrogens is 210 g/mol. The van der Waals surface area contributed by atoms with Crippen molar-refractivity contribution in [1.82, 2.24) is 10.2 Å². The van der Waals surface area contributed by atoms with Crippen molar-refractivity contribution in [2.45, 2.75) is 25.1 Å². The summed E-state index contributed by atoms with van der Waals surface area (Å²) in [5.41, 5.74) is 2.37. The van der Waals surface area contributed by atoms with Crippen molar-refractivity contribution in [3.63, 3.8) is 0 Å². The number of hydrogen-bond donors (Lipinski definition) is 1. The highest BCUT2D eigenvalue weighted by Gasteiger charge is 2.48. The fraction of sp³-hybridized carbons (Fsp3) is 0.500. The summed E-state index contributed by atoms with van der Waals surface area (Å²) in [5, 5.41) is 2.77. The van der Waals surface area contributed by atoms with Crippen LogP contribution in [0.4, 0.5) is 8.78 Å². The van der Waals surface area contributed by atoms with Crippen molar-refractivity contribution in [1.29, 1.82) is 0 Å². The largest absolute Gasteiger partial charge is 0.309 e. The molecule has 4 heteroatoms. The third kappa shape index (κ3) is 1.53. The minimum atomic E-state index is -2.60. The zero-order chi connectivity index (χ0) is 11.2. The average molecular weight is 224 g/mol. The van der Waals surface area contributed by atoms with Crippen molar-refractivity contribution in [3.8, 4) is 0 Å². The number of nitrogens with zero attached hydrogens (tertiary/aromatic N) is 1. The molecule has 0 saturated carbocycles. The van der Waals surface area contributed by atoms with Crippen LogP contribution < -0.4 is 5.32 Å². The number of fused-ring (bicyclic) bond motifs is 1. The Balaban J connectivity index is 1.81. The van der Waals surface area contributed by atoms with Crippen LogP contribution in [0.5, 0.6) is 0 Å². The summed E-state index contributed by atoms with van der Waals surface area (Å²) in [6.07, 6.45) is 0. The van der Waals surface area contributed by atoms with Gasteiger partial charge in [0.15, 0.2) is 0 Å². The van der Waals surface area contributed by atoms with Crippen LogP contribution in [0.25, 0.3) is 0 Å². The maximum atomic E-state index is 13.6. The van der Waals surface area contributed by atoms with E-state index in [-0.39, 0.29) is 6.54 Å². The summed E-state index contributed by atoms with van der Waals surface area (Å²) >= 11 is 0. The van der Waals surface area contributed by atoms with Crippen molar-refractivity contribution >= 4 is 0 Å². The molecule has 2 heterocycles.